The summed E-state index contributed by atoms with van der Waals surface area (Å²) in [7, 11) is 0. The fraction of sp³-hybridized carbons (Fsp3) is 0.333. The number of hydrogen-bond acceptors (Lipinski definition) is 7. The van der Waals surface area contributed by atoms with Crippen molar-refractivity contribution in [1.82, 2.24) is 10.2 Å². The van der Waals surface area contributed by atoms with Gasteiger partial charge >= 0.3 is 51.4 Å². The summed E-state index contributed by atoms with van der Waals surface area (Å²) in [5, 5.41) is 18.1. The molecule has 2 unspecified atom stereocenters. The molecule has 2 aliphatic heterocycles. The first-order valence-corrected chi connectivity index (χ1v) is 11.6. The molecule has 2 amide bonds. The van der Waals surface area contributed by atoms with Gasteiger partial charge in [-0.25, -0.2) is 0 Å². The minimum atomic E-state index is -1.28. The van der Waals surface area contributed by atoms with E-state index in [1.54, 1.807) is 13.8 Å². The van der Waals surface area contributed by atoms with E-state index in [0.717, 1.165) is 28.0 Å². The van der Waals surface area contributed by atoms with Crippen LogP contribution >= 0.6 is 11.8 Å². The van der Waals surface area contributed by atoms with Crippen LogP contribution in [0.4, 0.5) is 0 Å². The molecule has 2 aromatic carbocycles. The summed E-state index contributed by atoms with van der Waals surface area (Å²) in [5.41, 5.74) is 4.86. The second-order valence-electron chi connectivity index (χ2n) is 8.74. The summed E-state index contributed by atoms with van der Waals surface area (Å²) in [6.45, 7) is 3.57. The number of oxime groups is 1. The number of carbonyl (C=O) groups excluding carboxylic acids is 3. The number of benzene rings is 2. The van der Waals surface area contributed by atoms with E-state index in [2.05, 4.69) is 10.5 Å². The van der Waals surface area contributed by atoms with Crippen molar-refractivity contribution in [3.05, 3.63) is 59.7 Å². The van der Waals surface area contributed by atoms with Crippen molar-refractivity contribution < 1.29 is 75.7 Å². The van der Waals surface area contributed by atoms with Crippen molar-refractivity contribution in [1.29, 1.82) is 0 Å². The Labute approximate surface area is 243 Å². The van der Waals surface area contributed by atoms with Crippen molar-refractivity contribution >= 4 is 35.3 Å². The molecule has 0 saturated carbocycles. The Bertz CT molecular complexity index is 1150. The molecule has 1 aliphatic carbocycles. The van der Waals surface area contributed by atoms with E-state index in [-0.39, 0.29) is 70.3 Å². The predicted octanol–water partition coefficient (Wildman–Crippen LogP) is -1.87. The van der Waals surface area contributed by atoms with E-state index in [9.17, 15) is 19.5 Å². The molecule has 2 saturated heterocycles. The number of rotatable bonds is 6. The monoisotopic (exact) mass is 503 g/mol. The molecule has 34 heavy (non-hydrogen) atoms. The molecule has 2 fully saturated rings. The zero-order valence-corrected chi connectivity index (χ0v) is 23.0. The molecular formula is C24H22KN3O5S. The Kier molecular flexibility index (Phi) is 7.28. The first kappa shape index (κ1) is 25.4. The number of fused-ring (bicyclic) bond motifs is 4. The van der Waals surface area contributed by atoms with Crippen LogP contribution in [0.2, 0.25) is 0 Å². The Morgan fingerprint density at radius 1 is 1.09 bits per heavy atom. The molecule has 10 heteroatoms. The third-order valence-electron chi connectivity index (χ3n) is 6.21. The quantitative estimate of drug-likeness (QED) is 0.183. The molecule has 2 heterocycles. The second kappa shape index (κ2) is 9.75. The normalized spacial score (nSPS) is 23.1. The first-order valence-electron chi connectivity index (χ1n) is 10.7. The standard InChI is InChI=1S/C24H23N3O5S.K/c1-24(2)20(23(30)31)27-21(29)19(22(27)33-24)25-17(28)11-12-32-26-18-15-9-5-3-7-13(15)14-8-4-6-10-16(14)18;/h3-10,19-20,22H,11-12H2,1-2H3,(H,25,28)(H,30,31);/q;+1/p-1/t19?,20-,22?;/m0./s1. The number of carboxylic acids is 1. The van der Waals surface area contributed by atoms with Crippen LogP contribution in [0, 0.1) is 0 Å². The van der Waals surface area contributed by atoms with Gasteiger partial charge in [-0.3, -0.25) is 9.59 Å². The fourth-order valence-corrected chi connectivity index (χ4v) is 6.33. The minimum absolute atomic E-state index is 0. The molecule has 8 nitrogen and oxygen atoms in total. The van der Waals surface area contributed by atoms with E-state index < -0.39 is 34.1 Å². The van der Waals surface area contributed by atoms with Crippen LogP contribution in [0.1, 0.15) is 31.4 Å². The molecule has 1 N–H and O–H groups in total. The van der Waals surface area contributed by atoms with Crippen molar-refractivity contribution in [3.8, 4) is 11.1 Å². The number of β-lactam (4-membered cyclic amide) rings is 1. The third kappa shape index (κ3) is 4.24. The van der Waals surface area contributed by atoms with E-state index in [1.807, 2.05) is 48.5 Å². The van der Waals surface area contributed by atoms with Gasteiger partial charge in [0.15, 0.2) is 0 Å². The Morgan fingerprint density at radius 3 is 2.21 bits per heavy atom. The Balaban J connectivity index is 0.00000274. The smallest absolute Gasteiger partial charge is 0.548 e. The van der Waals surface area contributed by atoms with E-state index in [4.69, 9.17) is 4.84 Å². The van der Waals surface area contributed by atoms with Crippen LogP contribution in [0.25, 0.3) is 11.1 Å². The maximum absolute atomic E-state index is 12.5. The number of nitrogens with one attached hydrogen (secondary N) is 1. The van der Waals surface area contributed by atoms with E-state index >= 15 is 0 Å². The zero-order valence-electron chi connectivity index (χ0n) is 19.1. The van der Waals surface area contributed by atoms with Crippen LogP contribution < -0.4 is 61.8 Å². The van der Waals surface area contributed by atoms with Crippen molar-refractivity contribution in [2.24, 2.45) is 5.16 Å². The molecule has 0 spiro atoms. The molecule has 0 bridgehead atoms. The van der Waals surface area contributed by atoms with Crippen LogP contribution in [-0.4, -0.2) is 57.2 Å². The third-order valence-corrected chi connectivity index (χ3v) is 7.78. The molecule has 0 aromatic heterocycles. The fourth-order valence-electron chi connectivity index (χ4n) is 4.71. The van der Waals surface area contributed by atoms with Gasteiger partial charge in [0.25, 0.3) is 0 Å². The van der Waals surface area contributed by atoms with Crippen molar-refractivity contribution in [2.75, 3.05) is 6.61 Å². The van der Waals surface area contributed by atoms with Crippen LogP contribution in [-0.2, 0) is 19.2 Å². The number of carboxylic acid groups (broad SMARTS) is 1. The van der Waals surface area contributed by atoms with Gasteiger partial charge in [0.1, 0.15) is 23.7 Å². The summed E-state index contributed by atoms with van der Waals surface area (Å²) in [4.78, 5) is 43.1. The van der Waals surface area contributed by atoms with Gasteiger partial charge in [0.05, 0.1) is 18.4 Å². The average Bonchev–Trinajstić information content (AvgIpc) is 3.24. The van der Waals surface area contributed by atoms with Gasteiger partial charge < -0.3 is 25.0 Å². The van der Waals surface area contributed by atoms with Gasteiger partial charge in [-0.1, -0.05) is 53.7 Å². The molecular weight excluding hydrogens is 481 g/mol. The number of thioether (sulfide) groups is 1. The molecule has 0 radical (unpaired) electrons. The minimum Gasteiger partial charge on any atom is -0.548 e. The van der Waals surface area contributed by atoms with Crippen LogP contribution in [0.15, 0.2) is 53.7 Å². The number of amides is 2. The van der Waals surface area contributed by atoms with E-state index in [1.165, 1.54) is 16.7 Å². The maximum atomic E-state index is 12.5. The number of carbonyl (C=O) groups is 3. The molecule has 5 rings (SSSR count). The number of nitrogens with zero attached hydrogens (tertiary/aromatic N) is 2. The largest absolute Gasteiger partial charge is 1.00 e. The predicted molar refractivity (Wildman–Crippen MR) is 121 cm³/mol. The Hall–Kier alpha value is -1.69. The summed E-state index contributed by atoms with van der Waals surface area (Å²) < 4.78 is -0.689. The summed E-state index contributed by atoms with van der Waals surface area (Å²) >= 11 is 1.36. The average molecular weight is 504 g/mol. The molecule has 170 valence electrons. The van der Waals surface area contributed by atoms with Crippen molar-refractivity contribution in [3.63, 3.8) is 0 Å². The number of hydrogen-bond donors (Lipinski definition) is 1. The summed E-state index contributed by atoms with van der Waals surface area (Å²) in [6.07, 6.45) is 0.0224. The van der Waals surface area contributed by atoms with Crippen LogP contribution in [0.3, 0.4) is 0 Å². The number of aliphatic carboxylic acids is 1. The van der Waals surface area contributed by atoms with Gasteiger partial charge in [-0.2, -0.15) is 0 Å². The molecule has 3 atom stereocenters. The molecule has 2 aromatic rings. The second-order valence-corrected chi connectivity index (χ2v) is 10.5. The SMILES string of the molecule is CC1(C)SC2C(NC(=O)CCON=C3c4ccccc4-c4ccccc43)C(=O)N2[C@H]1C(=O)[O-].[K+]. The van der Waals surface area contributed by atoms with Gasteiger partial charge in [0.2, 0.25) is 11.8 Å². The van der Waals surface area contributed by atoms with Gasteiger partial charge in [0, 0.05) is 15.9 Å². The van der Waals surface area contributed by atoms with Crippen LogP contribution in [0.5, 0.6) is 0 Å². The van der Waals surface area contributed by atoms with E-state index in [0.29, 0.717) is 0 Å². The van der Waals surface area contributed by atoms with Gasteiger partial charge in [-0.15, -0.1) is 11.8 Å². The summed E-state index contributed by atoms with van der Waals surface area (Å²) in [6, 6.07) is 14.1. The van der Waals surface area contributed by atoms with Crippen molar-refractivity contribution in [2.45, 2.75) is 42.5 Å². The first-order chi connectivity index (χ1) is 15.8. The summed E-state index contributed by atoms with van der Waals surface area (Å²) in [5.74, 6) is -2.03. The molecule has 3 aliphatic rings. The van der Waals surface area contributed by atoms with Gasteiger partial charge in [-0.05, 0) is 25.0 Å². The topological polar surface area (TPSA) is 111 Å². The maximum Gasteiger partial charge on any atom is 1.00 e. The zero-order chi connectivity index (χ0) is 23.3. The Morgan fingerprint density at radius 2 is 1.65 bits per heavy atom.